The highest BCUT2D eigenvalue weighted by Gasteiger charge is 2.23. The van der Waals surface area contributed by atoms with E-state index in [0.717, 1.165) is 47.8 Å². The van der Waals surface area contributed by atoms with Gasteiger partial charge in [-0.15, -0.1) is 11.3 Å². The van der Waals surface area contributed by atoms with E-state index in [-0.39, 0.29) is 11.8 Å². The van der Waals surface area contributed by atoms with Crippen molar-refractivity contribution in [3.8, 4) is 0 Å². The Morgan fingerprint density at radius 2 is 2.11 bits per heavy atom. The summed E-state index contributed by atoms with van der Waals surface area (Å²) in [6.07, 6.45) is 3.51. The number of hydrogen-bond acceptors (Lipinski definition) is 5. The van der Waals surface area contributed by atoms with Gasteiger partial charge in [0.1, 0.15) is 5.76 Å². The average Bonchev–Trinajstić information content (AvgIpc) is 3.28. The van der Waals surface area contributed by atoms with Gasteiger partial charge >= 0.3 is 0 Å². The van der Waals surface area contributed by atoms with Crippen LogP contribution in [0.4, 0.5) is 0 Å². The number of aryl methyl sites for hydroxylation is 2. The van der Waals surface area contributed by atoms with Crippen LogP contribution in [0.15, 0.2) is 22.0 Å². The molecule has 7 heteroatoms. The quantitative estimate of drug-likeness (QED) is 0.790. The number of amides is 2. The van der Waals surface area contributed by atoms with Gasteiger partial charge in [0.05, 0.1) is 12.1 Å². The van der Waals surface area contributed by atoms with E-state index >= 15 is 0 Å². The lowest BCUT2D eigenvalue weighted by Crippen LogP contribution is -2.41. The number of nitrogens with zero attached hydrogens (tertiary/aromatic N) is 2. The molecule has 1 fully saturated rings. The summed E-state index contributed by atoms with van der Waals surface area (Å²) in [4.78, 5) is 27.5. The number of aromatic nitrogens is 1. The molecule has 2 amide bonds. The number of likely N-dealkylation sites (tertiary alicyclic amines) is 1. The van der Waals surface area contributed by atoms with Crippen LogP contribution in [0.1, 0.15) is 41.2 Å². The van der Waals surface area contributed by atoms with Crippen molar-refractivity contribution in [3.63, 3.8) is 0 Å². The lowest BCUT2D eigenvalue weighted by Gasteiger charge is -2.32. The summed E-state index contributed by atoms with van der Waals surface area (Å²) in [7, 11) is 0. The molecular weight excluding hydrogens is 362 g/mol. The third kappa shape index (κ3) is 5.42. The van der Waals surface area contributed by atoms with Crippen molar-refractivity contribution in [3.05, 3.63) is 39.4 Å². The zero-order valence-electron chi connectivity index (χ0n) is 16.0. The Hall–Kier alpha value is -2.15. The average molecular weight is 390 g/mol. The van der Waals surface area contributed by atoms with Crippen LogP contribution in [0, 0.1) is 19.8 Å². The maximum atomic E-state index is 12.5. The van der Waals surface area contributed by atoms with Crippen LogP contribution in [0.5, 0.6) is 0 Å². The lowest BCUT2D eigenvalue weighted by atomic mass is 9.96. The van der Waals surface area contributed by atoms with Crippen molar-refractivity contribution in [2.24, 2.45) is 5.92 Å². The molecule has 0 saturated carbocycles. The Labute approximate surface area is 163 Å². The lowest BCUT2D eigenvalue weighted by molar-refractivity contribution is -0.132. The predicted octanol–water partition coefficient (Wildman–Crippen LogP) is 2.88. The monoisotopic (exact) mass is 389 g/mol. The van der Waals surface area contributed by atoms with Gasteiger partial charge in [-0.1, -0.05) is 11.2 Å². The zero-order chi connectivity index (χ0) is 19.2. The first kappa shape index (κ1) is 19.6. The third-order valence-corrected chi connectivity index (χ3v) is 6.12. The summed E-state index contributed by atoms with van der Waals surface area (Å²) in [6.45, 7) is 6.04. The fourth-order valence-electron chi connectivity index (χ4n) is 3.53. The van der Waals surface area contributed by atoms with Crippen LogP contribution >= 0.6 is 11.3 Å². The van der Waals surface area contributed by atoms with Gasteiger partial charge in [0.15, 0.2) is 0 Å². The molecule has 2 aromatic heterocycles. The molecule has 0 spiro atoms. The molecule has 1 N–H and O–H groups in total. The van der Waals surface area contributed by atoms with Crippen LogP contribution in [0.25, 0.3) is 0 Å². The van der Waals surface area contributed by atoms with Crippen LogP contribution < -0.4 is 5.32 Å². The number of rotatable bonds is 7. The first-order valence-corrected chi connectivity index (χ1v) is 10.4. The van der Waals surface area contributed by atoms with Crippen molar-refractivity contribution in [2.75, 3.05) is 19.6 Å². The highest BCUT2D eigenvalue weighted by Crippen LogP contribution is 2.19. The first-order valence-electron chi connectivity index (χ1n) is 9.51. The van der Waals surface area contributed by atoms with E-state index in [1.165, 1.54) is 0 Å². The highest BCUT2D eigenvalue weighted by molar-refractivity contribution is 7.10. The summed E-state index contributed by atoms with van der Waals surface area (Å²) >= 11 is 1.61. The standard InChI is InChI=1S/C20H27N3O3S/c1-14-18(15(2)26-22-14)5-6-20(25)23-9-7-16(8-10-23)13-21-19(24)12-17-4-3-11-27-17/h3-4,11,16H,5-10,12-13H2,1-2H3,(H,21,24). The molecule has 3 heterocycles. The number of hydrogen-bond donors (Lipinski definition) is 1. The normalized spacial score (nSPS) is 15.1. The number of carbonyl (C=O) groups is 2. The Balaban J connectivity index is 1.35. The van der Waals surface area contributed by atoms with Gasteiger partial charge < -0.3 is 14.7 Å². The molecule has 1 aliphatic heterocycles. The van der Waals surface area contributed by atoms with E-state index in [4.69, 9.17) is 4.52 Å². The van der Waals surface area contributed by atoms with E-state index in [1.807, 2.05) is 36.3 Å². The highest BCUT2D eigenvalue weighted by atomic mass is 32.1. The van der Waals surface area contributed by atoms with Gasteiger partial charge in [-0.05, 0) is 50.5 Å². The minimum Gasteiger partial charge on any atom is -0.361 e. The van der Waals surface area contributed by atoms with Crippen LogP contribution in [-0.2, 0) is 22.4 Å². The van der Waals surface area contributed by atoms with Crippen LogP contribution in [-0.4, -0.2) is 41.5 Å². The smallest absolute Gasteiger partial charge is 0.225 e. The summed E-state index contributed by atoms with van der Waals surface area (Å²) in [5, 5.41) is 8.97. The first-order chi connectivity index (χ1) is 13.0. The van der Waals surface area contributed by atoms with E-state index in [0.29, 0.717) is 31.7 Å². The molecular formula is C20H27N3O3S. The second-order valence-electron chi connectivity index (χ2n) is 7.19. The van der Waals surface area contributed by atoms with Gasteiger partial charge in [0.25, 0.3) is 0 Å². The minimum atomic E-state index is 0.0791. The second-order valence-corrected chi connectivity index (χ2v) is 8.22. The van der Waals surface area contributed by atoms with Crippen molar-refractivity contribution in [2.45, 2.75) is 46.0 Å². The maximum Gasteiger partial charge on any atom is 0.225 e. The molecule has 0 atom stereocenters. The molecule has 1 saturated heterocycles. The van der Waals surface area contributed by atoms with Crippen molar-refractivity contribution >= 4 is 23.2 Å². The molecule has 27 heavy (non-hydrogen) atoms. The zero-order valence-corrected chi connectivity index (χ0v) is 16.8. The van der Waals surface area contributed by atoms with E-state index < -0.39 is 0 Å². The van der Waals surface area contributed by atoms with Crippen molar-refractivity contribution in [1.82, 2.24) is 15.4 Å². The summed E-state index contributed by atoms with van der Waals surface area (Å²) in [5.41, 5.74) is 1.92. The van der Waals surface area contributed by atoms with E-state index in [9.17, 15) is 9.59 Å². The molecule has 2 aromatic rings. The van der Waals surface area contributed by atoms with Crippen LogP contribution in [0.3, 0.4) is 0 Å². The van der Waals surface area contributed by atoms with Crippen LogP contribution in [0.2, 0.25) is 0 Å². The fraction of sp³-hybridized carbons (Fsp3) is 0.550. The number of nitrogens with one attached hydrogen (secondary N) is 1. The minimum absolute atomic E-state index is 0.0791. The second kappa shape index (κ2) is 9.17. The molecule has 0 unspecified atom stereocenters. The largest absolute Gasteiger partial charge is 0.361 e. The number of thiophene rings is 1. The number of carbonyl (C=O) groups excluding carboxylic acids is 2. The van der Waals surface area contributed by atoms with Gasteiger partial charge in [-0.25, -0.2) is 0 Å². The van der Waals surface area contributed by atoms with Gasteiger partial charge in [-0.3, -0.25) is 9.59 Å². The van der Waals surface area contributed by atoms with E-state index in [1.54, 1.807) is 11.3 Å². The number of piperidine rings is 1. The SMILES string of the molecule is Cc1noc(C)c1CCC(=O)N1CCC(CNC(=O)Cc2cccs2)CC1. The summed E-state index contributed by atoms with van der Waals surface area (Å²) in [5.74, 6) is 1.52. The fourth-order valence-corrected chi connectivity index (χ4v) is 4.23. The Morgan fingerprint density at radius 3 is 2.74 bits per heavy atom. The summed E-state index contributed by atoms with van der Waals surface area (Å²) in [6, 6.07) is 3.95. The molecule has 0 bridgehead atoms. The predicted molar refractivity (Wildman–Crippen MR) is 105 cm³/mol. The van der Waals surface area contributed by atoms with Crippen molar-refractivity contribution in [1.29, 1.82) is 0 Å². The van der Waals surface area contributed by atoms with Gasteiger partial charge in [-0.2, -0.15) is 0 Å². The van der Waals surface area contributed by atoms with Gasteiger partial charge in [0.2, 0.25) is 11.8 Å². The topological polar surface area (TPSA) is 75.4 Å². The molecule has 1 aliphatic rings. The third-order valence-electron chi connectivity index (χ3n) is 5.24. The molecule has 6 nitrogen and oxygen atoms in total. The molecule has 3 rings (SSSR count). The Morgan fingerprint density at radius 1 is 1.33 bits per heavy atom. The molecule has 0 radical (unpaired) electrons. The molecule has 0 aromatic carbocycles. The van der Waals surface area contributed by atoms with Crippen molar-refractivity contribution < 1.29 is 14.1 Å². The van der Waals surface area contributed by atoms with Gasteiger partial charge in [0, 0.05) is 36.5 Å². The maximum absolute atomic E-state index is 12.5. The Kier molecular flexibility index (Phi) is 6.66. The summed E-state index contributed by atoms with van der Waals surface area (Å²) < 4.78 is 5.16. The van der Waals surface area contributed by atoms with E-state index in [2.05, 4.69) is 10.5 Å². The molecule has 146 valence electrons. The molecule has 0 aliphatic carbocycles. The Bertz CT molecular complexity index is 742.